The van der Waals surface area contributed by atoms with Gasteiger partial charge in [-0.1, -0.05) is 19.1 Å². The molecule has 7 heteroatoms. The second-order valence-electron chi connectivity index (χ2n) is 5.50. The van der Waals surface area contributed by atoms with E-state index < -0.39 is 30.3 Å². The molecule has 1 aliphatic rings. The summed E-state index contributed by atoms with van der Waals surface area (Å²) in [4.78, 5) is 49.3. The molecule has 1 aromatic carbocycles. The minimum absolute atomic E-state index is 0.165. The molecule has 0 bridgehead atoms. The lowest BCUT2D eigenvalue weighted by molar-refractivity contribution is -0.143. The van der Waals surface area contributed by atoms with E-state index in [4.69, 9.17) is 0 Å². The number of hydrogen-bond donors (Lipinski definition) is 1. The molecule has 2 rings (SSSR count). The minimum atomic E-state index is -0.959. The van der Waals surface area contributed by atoms with Crippen molar-refractivity contribution in [1.29, 1.82) is 0 Å². The van der Waals surface area contributed by atoms with Crippen LogP contribution in [0, 0.1) is 13.8 Å². The molecule has 1 N–H and O–H groups in total. The van der Waals surface area contributed by atoms with Crippen molar-refractivity contribution < 1.29 is 19.2 Å². The van der Waals surface area contributed by atoms with E-state index in [1.807, 2.05) is 26.0 Å². The van der Waals surface area contributed by atoms with Crippen molar-refractivity contribution in [3.63, 3.8) is 0 Å². The molecule has 1 saturated heterocycles. The Morgan fingerprint density at radius 2 is 1.74 bits per heavy atom. The Morgan fingerprint density at radius 1 is 1.09 bits per heavy atom. The smallest absolute Gasteiger partial charge is 0.324 e. The van der Waals surface area contributed by atoms with E-state index in [1.165, 1.54) is 0 Å². The molecular formula is C16H19N3O4. The maximum Gasteiger partial charge on any atom is 0.334 e. The Morgan fingerprint density at radius 3 is 2.39 bits per heavy atom. The number of hydrogen-bond acceptors (Lipinski definition) is 4. The summed E-state index contributed by atoms with van der Waals surface area (Å²) in [5.74, 6) is -2.36. The van der Waals surface area contributed by atoms with E-state index in [0.29, 0.717) is 17.0 Å². The van der Waals surface area contributed by atoms with Gasteiger partial charge < -0.3 is 5.32 Å². The van der Waals surface area contributed by atoms with Gasteiger partial charge in [0.25, 0.3) is 0 Å². The Balaban J connectivity index is 2.08. The van der Waals surface area contributed by atoms with Gasteiger partial charge in [0, 0.05) is 12.2 Å². The van der Waals surface area contributed by atoms with E-state index in [2.05, 4.69) is 5.32 Å². The molecule has 0 unspecified atom stereocenters. The number of benzene rings is 1. The molecule has 1 aliphatic heterocycles. The number of aryl methyl sites for hydroxylation is 2. The van der Waals surface area contributed by atoms with Crippen LogP contribution in [0.4, 0.5) is 10.5 Å². The summed E-state index contributed by atoms with van der Waals surface area (Å²) in [5.41, 5.74) is 2.46. The largest absolute Gasteiger partial charge is 0.334 e. The molecule has 122 valence electrons. The van der Waals surface area contributed by atoms with Gasteiger partial charge in [-0.3, -0.25) is 19.3 Å². The van der Waals surface area contributed by atoms with Crippen molar-refractivity contribution >= 4 is 29.4 Å². The summed E-state index contributed by atoms with van der Waals surface area (Å²) in [5, 5.41) is 2.67. The van der Waals surface area contributed by atoms with E-state index in [0.717, 1.165) is 16.0 Å². The number of imide groups is 2. The maximum absolute atomic E-state index is 12.1. The average molecular weight is 317 g/mol. The van der Waals surface area contributed by atoms with E-state index in [-0.39, 0.29) is 6.54 Å². The number of amides is 5. The summed E-state index contributed by atoms with van der Waals surface area (Å²) in [6.07, 6.45) is 0.549. The quantitative estimate of drug-likeness (QED) is 0.657. The number of carbonyl (C=O) groups excluding carboxylic acids is 4. The first-order chi connectivity index (χ1) is 10.8. The Hall–Kier alpha value is -2.70. The number of anilines is 1. The van der Waals surface area contributed by atoms with Gasteiger partial charge in [-0.05, 0) is 37.5 Å². The lowest BCUT2D eigenvalue weighted by Crippen LogP contribution is -2.39. The molecule has 0 aliphatic carbocycles. The molecule has 0 aromatic heterocycles. The van der Waals surface area contributed by atoms with Crippen molar-refractivity contribution in [2.45, 2.75) is 27.2 Å². The lowest BCUT2D eigenvalue weighted by Gasteiger charge is -2.15. The number of rotatable bonds is 5. The van der Waals surface area contributed by atoms with Crippen molar-refractivity contribution in [3.05, 3.63) is 29.3 Å². The molecule has 23 heavy (non-hydrogen) atoms. The second kappa shape index (κ2) is 6.60. The third-order valence-electron chi connectivity index (χ3n) is 3.55. The topological polar surface area (TPSA) is 86.8 Å². The van der Waals surface area contributed by atoms with Gasteiger partial charge in [-0.25, -0.2) is 9.69 Å². The summed E-state index contributed by atoms with van der Waals surface area (Å²) in [6.45, 7) is 5.22. The van der Waals surface area contributed by atoms with Crippen LogP contribution < -0.4 is 5.32 Å². The van der Waals surface area contributed by atoms with Gasteiger partial charge in [0.1, 0.15) is 6.54 Å². The van der Waals surface area contributed by atoms with Crippen LogP contribution in [0.15, 0.2) is 18.2 Å². The van der Waals surface area contributed by atoms with Crippen LogP contribution in [0.3, 0.4) is 0 Å². The Kier molecular flexibility index (Phi) is 4.78. The third-order valence-corrected chi connectivity index (χ3v) is 3.55. The highest BCUT2D eigenvalue weighted by atomic mass is 16.2. The van der Waals surface area contributed by atoms with Gasteiger partial charge in [0.15, 0.2) is 0 Å². The van der Waals surface area contributed by atoms with Crippen molar-refractivity contribution in [2.75, 3.05) is 18.4 Å². The zero-order valence-corrected chi connectivity index (χ0v) is 13.4. The first-order valence-corrected chi connectivity index (χ1v) is 7.39. The number of carbonyl (C=O) groups is 4. The van der Waals surface area contributed by atoms with Crippen molar-refractivity contribution in [1.82, 2.24) is 9.80 Å². The number of nitrogens with zero attached hydrogens (tertiary/aromatic N) is 2. The van der Waals surface area contributed by atoms with Crippen molar-refractivity contribution in [2.24, 2.45) is 0 Å². The van der Waals surface area contributed by atoms with Crippen molar-refractivity contribution in [3.8, 4) is 0 Å². The standard InChI is InChI=1S/C16H19N3O4/c1-4-7-18-14(21)15(22)19(16(18)23)9-13(20)17-12-8-10(2)5-6-11(12)3/h5-6,8H,4,7,9H2,1-3H3,(H,17,20). The van der Waals surface area contributed by atoms with Crippen LogP contribution in [0.2, 0.25) is 0 Å². The zero-order valence-electron chi connectivity index (χ0n) is 13.4. The predicted molar refractivity (Wildman–Crippen MR) is 83.7 cm³/mol. The van der Waals surface area contributed by atoms with E-state index >= 15 is 0 Å². The summed E-state index contributed by atoms with van der Waals surface area (Å²) < 4.78 is 0. The molecule has 1 heterocycles. The Bertz CT molecular complexity index is 684. The molecule has 0 spiro atoms. The van der Waals surface area contributed by atoms with E-state index in [9.17, 15) is 19.2 Å². The highest BCUT2D eigenvalue weighted by Gasteiger charge is 2.44. The Labute approximate surface area is 134 Å². The third kappa shape index (κ3) is 3.39. The van der Waals surface area contributed by atoms with Crippen LogP contribution in [0.25, 0.3) is 0 Å². The van der Waals surface area contributed by atoms with E-state index in [1.54, 1.807) is 13.0 Å². The van der Waals surface area contributed by atoms with Gasteiger partial charge in [0.05, 0.1) is 0 Å². The normalized spacial score (nSPS) is 14.7. The molecule has 0 saturated carbocycles. The fraction of sp³-hybridized carbons (Fsp3) is 0.375. The van der Waals surface area contributed by atoms with Gasteiger partial charge in [-0.15, -0.1) is 0 Å². The first kappa shape index (κ1) is 16.7. The zero-order chi connectivity index (χ0) is 17.1. The molecule has 0 radical (unpaired) electrons. The molecule has 1 aromatic rings. The van der Waals surface area contributed by atoms with Crippen LogP contribution in [-0.4, -0.2) is 46.6 Å². The molecule has 5 amide bonds. The molecule has 7 nitrogen and oxygen atoms in total. The van der Waals surface area contributed by atoms with Gasteiger partial charge in [0.2, 0.25) is 5.91 Å². The van der Waals surface area contributed by atoms with Crippen LogP contribution in [0.5, 0.6) is 0 Å². The summed E-state index contributed by atoms with van der Waals surface area (Å²) >= 11 is 0. The highest BCUT2D eigenvalue weighted by molar-refractivity contribution is 6.45. The number of urea groups is 1. The summed E-state index contributed by atoms with van der Waals surface area (Å²) in [6, 6.07) is 4.84. The predicted octanol–water partition coefficient (Wildman–Crippen LogP) is 1.44. The maximum atomic E-state index is 12.1. The van der Waals surface area contributed by atoms with Crippen LogP contribution in [-0.2, 0) is 14.4 Å². The fourth-order valence-corrected chi connectivity index (χ4v) is 2.31. The average Bonchev–Trinajstić information content (AvgIpc) is 2.69. The van der Waals surface area contributed by atoms with Crippen LogP contribution >= 0.6 is 0 Å². The minimum Gasteiger partial charge on any atom is -0.324 e. The fourth-order valence-electron chi connectivity index (χ4n) is 2.31. The second-order valence-corrected chi connectivity index (χ2v) is 5.50. The van der Waals surface area contributed by atoms with Gasteiger partial charge >= 0.3 is 17.8 Å². The molecular weight excluding hydrogens is 298 g/mol. The first-order valence-electron chi connectivity index (χ1n) is 7.39. The van der Waals surface area contributed by atoms with Crippen LogP contribution in [0.1, 0.15) is 24.5 Å². The summed E-state index contributed by atoms with van der Waals surface area (Å²) in [7, 11) is 0. The molecule has 1 fully saturated rings. The highest BCUT2D eigenvalue weighted by Crippen LogP contribution is 2.17. The lowest BCUT2D eigenvalue weighted by atomic mass is 10.1. The molecule has 0 atom stereocenters. The van der Waals surface area contributed by atoms with Gasteiger partial charge in [-0.2, -0.15) is 0 Å². The number of nitrogens with one attached hydrogen (secondary N) is 1. The monoisotopic (exact) mass is 317 g/mol. The SMILES string of the molecule is CCCN1C(=O)C(=O)N(CC(=O)Nc2cc(C)ccc2C)C1=O.